The Balaban J connectivity index is 1.86. The van der Waals surface area contributed by atoms with Gasteiger partial charge in [-0.3, -0.25) is 4.79 Å². The summed E-state index contributed by atoms with van der Waals surface area (Å²) in [5.41, 5.74) is 0.981. The molecule has 104 valence electrons. The first-order valence-corrected chi connectivity index (χ1v) is 6.78. The van der Waals surface area contributed by atoms with Crippen molar-refractivity contribution in [3.05, 3.63) is 29.8 Å². The predicted octanol–water partition coefficient (Wildman–Crippen LogP) is 1.86. The molecule has 0 unspecified atom stereocenters. The second kappa shape index (κ2) is 6.57. The molecule has 0 heterocycles. The summed E-state index contributed by atoms with van der Waals surface area (Å²) >= 11 is 0. The Labute approximate surface area is 113 Å². The Morgan fingerprint density at radius 2 is 2.00 bits per heavy atom. The number of carbonyl (C=O) groups is 1. The van der Waals surface area contributed by atoms with E-state index in [-0.39, 0.29) is 17.9 Å². The minimum atomic E-state index is -0.224. The quantitative estimate of drug-likeness (QED) is 0.871. The average molecular weight is 263 g/mol. The van der Waals surface area contributed by atoms with Gasteiger partial charge in [-0.05, 0) is 31.7 Å². The van der Waals surface area contributed by atoms with Crippen molar-refractivity contribution < 1.29 is 14.6 Å². The van der Waals surface area contributed by atoms with E-state index in [1.165, 1.54) is 0 Å². The van der Waals surface area contributed by atoms with Crippen LogP contribution in [0.4, 0.5) is 0 Å². The highest BCUT2D eigenvalue weighted by Crippen LogP contribution is 2.24. The number of nitrogens with one attached hydrogen (secondary N) is 1. The normalized spacial score (nSPS) is 22.8. The Hall–Kier alpha value is -1.55. The molecule has 1 aromatic rings. The van der Waals surface area contributed by atoms with Crippen molar-refractivity contribution in [1.82, 2.24) is 5.32 Å². The van der Waals surface area contributed by atoms with Crippen molar-refractivity contribution in [2.45, 2.75) is 38.3 Å². The lowest BCUT2D eigenvalue weighted by Crippen LogP contribution is -2.33. The monoisotopic (exact) mass is 263 g/mol. The number of carbonyl (C=O) groups excluding carboxylic acids is 1. The minimum Gasteiger partial charge on any atom is -0.496 e. The van der Waals surface area contributed by atoms with Crippen LogP contribution >= 0.6 is 0 Å². The molecular weight excluding hydrogens is 242 g/mol. The van der Waals surface area contributed by atoms with E-state index in [2.05, 4.69) is 5.32 Å². The Morgan fingerprint density at radius 3 is 2.68 bits per heavy atom. The second-order valence-electron chi connectivity index (χ2n) is 5.04. The topological polar surface area (TPSA) is 58.6 Å². The molecule has 2 rings (SSSR count). The van der Waals surface area contributed by atoms with Crippen LogP contribution in [0.25, 0.3) is 0 Å². The van der Waals surface area contributed by atoms with Crippen molar-refractivity contribution in [3.8, 4) is 5.75 Å². The predicted molar refractivity (Wildman–Crippen MR) is 72.8 cm³/mol. The SMILES string of the molecule is COc1ccccc1CNC(=O)C1CCC(O)CC1. The number of methoxy groups -OCH3 is 1. The minimum absolute atomic E-state index is 0.0399. The zero-order valence-corrected chi connectivity index (χ0v) is 11.3. The molecule has 1 amide bonds. The molecule has 0 bridgehead atoms. The van der Waals surface area contributed by atoms with Crippen molar-refractivity contribution in [2.75, 3.05) is 7.11 Å². The van der Waals surface area contributed by atoms with Gasteiger partial charge < -0.3 is 15.2 Å². The van der Waals surface area contributed by atoms with Crippen LogP contribution in [0, 0.1) is 5.92 Å². The average Bonchev–Trinajstić information content (AvgIpc) is 2.45. The van der Waals surface area contributed by atoms with Crippen molar-refractivity contribution in [1.29, 1.82) is 0 Å². The number of hydrogen-bond donors (Lipinski definition) is 2. The second-order valence-corrected chi connectivity index (χ2v) is 5.04. The fourth-order valence-electron chi connectivity index (χ4n) is 2.51. The first-order valence-electron chi connectivity index (χ1n) is 6.78. The van der Waals surface area contributed by atoms with Crippen LogP contribution < -0.4 is 10.1 Å². The van der Waals surface area contributed by atoms with Gasteiger partial charge in [0.1, 0.15) is 5.75 Å². The molecule has 0 atom stereocenters. The lowest BCUT2D eigenvalue weighted by atomic mass is 9.87. The molecular formula is C15H21NO3. The molecule has 0 spiro atoms. The molecule has 19 heavy (non-hydrogen) atoms. The first-order chi connectivity index (χ1) is 9.20. The van der Waals surface area contributed by atoms with Gasteiger partial charge in [0.15, 0.2) is 0 Å². The van der Waals surface area contributed by atoms with E-state index in [0.29, 0.717) is 6.54 Å². The summed E-state index contributed by atoms with van der Waals surface area (Å²) < 4.78 is 5.25. The van der Waals surface area contributed by atoms with E-state index in [0.717, 1.165) is 37.0 Å². The van der Waals surface area contributed by atoms with Gasteiger partial charge in [-0.25, -0.2) is 0 Å². The molecule has 4 nitrogen and oxygen atoms in total. The van der Waals surface area contributed by atoms with Crippen LogP contribution in [0.3, 0.4) is 0 Å². The summed E-state index contributed by atoms with van der Waals surface area (Å²) in [7, 11) is 1.63. The maximum Gasteiger partial charge on any atom is 0.223 e. The number of rotatable bonds is 4. The summed E-state index contributed by atoms with van der Waals surface area (Å²) in [6.45, 7) is 0.488. The smallest absolute Gasteiger partial charge is 0.223 e. The molecule has 1 aromatic carbocycles. The summed E-state index contributed by atoms with van der Waals surface area (Å²) in [5, 5.41) is 12.4. The number of hydrogen-bond acceptors (Lipinski definition) is 3. The summed E-state index contributed by atoms with van der Waals surface area (Å²) in [6, 6.07) is 7.68. The molecule has 1 fully saturated rings. The third-order valence-electron chi connectivity index (χ3n) is 3.71. The summed E-state index contributed by atoms with van der Waals surface area (Å²) in [6.07, 6.45) is 2.79. The Kier molecular flexibility index (Phi) is 4.80. The Bertz CT molecular complexity index is 425. The van der Waals surface area contributed by atoms with Crippen molar-refractivity contribution >= 4 is 5.91 Å². The fourth-order valence-corrected chi connectivity index (χ4v) is 2.51. The molecule has 1 aliphatic carbocycles. The highest BCUT2D eigenvalue weighted by Gasteiger charge is 2.24. The maximum absolute atomic E-state index is 12.0. The number of para-hydroxylation sites is 1. The number of amides is 1. The fraction of sp³-hybridized carbons (Fsp3) is 0.533. The molecule has 1 aliphatic rings. The van der Waals surface area contributed by atoms with Crippen molar-refractivity contribution in [3.63, 3.8) is 0 Å². The zero-order valence-electron chi connectivity index (χ0n) is 11.3. The van der Waals surface area contributed by atoms with Crippen molar-refractivity contribution in [2.24, 2.45) is 5.92 Å². The van der Waals surface area contributed by atoms with E-state index >= 15 is 0 Å². The van der Waals surface area contributed by atoms with Gasteiger partial charge in [0.05, 0.1) is 13.2 Å². The van der Waals surface area contributed by atoms with Gasteiger partial charge in [0, 0.05) is 18.0 Å². The van der Waals surface area contributed by atoms with Gasteiger partial charge in [0.25, 0.3) is 0 Å². The molecule has 0 radical (unpaired) electrons. The summed E-state index contributed by atoms with van der Waals surface area (Å²) in [5.74, 6) is 0.915. The number of aliphatic hydroxyl groups excluding tert-OH is 1. The van der Waals surface area contributed by atoms with E-state index in [9.17, 15) is 9.90 Å². The molecule has 0 aromatic heterocycles. The third kappa shape index (κ3) is 3.70. The Morgan fingerprint density at radius 1 is 1.32 bits per heavy atom. The molecule has 2 N–H and O–H groups in total. The molecule has 1 saturated carbocycles. The standard InChI is InChI=1S/C15H21NO3/c1-19-14-5-3-2-4-12(14)10-16-15(18)11-6-8-13(17)9-7-11/h2-5,11,13,17H,6-10H2,1H3,(H,16,18). The molecule has 0 aliphatic heterocycles. The highest BCUT2D eigenvalue weighted by atomic mass is 16.5. The summed E-state index contributed by atoms with van der Waals surface area (Å²) in [4.78, 5) is 12.0. The van der Waals surface area contributed by atoms with E-state index < -0.39 is 0 Å². The molecule has 0 saturated heterocycles. The number of aliphatic hydroxyl groups is 1. The van der Waals surface area contributed by atoms with Crippen LogP contribution in [0.5, 0.6) is 5.75 Å². The van der Waals surface area contributed by atoms with Crippen LogP contribution in [0.2, 0.25) is 0 Å². The van der Waals surface area contributed by atoms with Gasteiger partial charge in [0.2, 0.25) is 5.91 Å². The van der Waals surface area contributed by atoms with Gasteiger partial charge >= 0.3 is 0 Å². The van der Waals surface area contributed by atoms with Crippen LogP contribution in [-0.2, 0) is 11.3 Å². The van der Waals surface area contributed by atoms with Crippen LogP contribution in [-0.4, -0.2) is 24.2 Å². The van der Waals surface area contributed by atoms with E-state index in [1.807, 2.05) is 24.3 Å². The lowest BCUT2D eigenvalue weighted by Gasteiger charge is -2.24. The van der Waals surface area contributed by atoms with E-state index in [1.54, 1.807) is 7.11 Å². The molecule has 4 heteroatoms. The zero-order chi connectivity index (χ0) is 13.7. The van der Waals surface area contributed by atoms with Crippen LogP contribution in [0.1, 0.15) is 31.2 Å². The van der Waals surface area contributed by atoms with Gasteiger partial charge in [-0.2, -0.15) is 0 Å². The van der Waals surface area contributed by atoms with Gasteiger partial charge in [-0.1, -0.05) is 18.2 Å². The van der Waals surface area contributed by atoms with Crippen LogP contribution in [0.15, 0.2) is 24.3 Å². The lowest BCUT2D eigenvalue weighted by molar-refractivity contribution is -0.126. The number of benzene rings is 1. The van der Waals surface area contributed by atoms with Gasteiger partial charge in [-0.15, -0.1) is 0 Å². The third-order valence-corrected chi connectivity index (χ3v) is 3.71. The number of ether oxygens (including phenoxy) is 1. The largest absolute Gasteiger partial charge is 0.496 e. The maximum atomic E-state index is 12.0. The first kappa shape index (κ1) is 13.9. The van der Waals surface area contributed by atoms with E-state index in [4.69, 9.17) is 4.74 Å². The highest BCUT2D eigenvalue weighted by molar-refractivity contribution is 5.78.